The zero-order valence-electron chi connectivity index (χ0n) is 36.2. The molecule has 5 heterocycles. The van der Waals surface area contributed by atoms with E-state index in [2.05, 4.69) is 167 Å². The van der Waals surface area contributed by atoms with E-state index in [9.17, 15) is 0 Å². The quantitative estimate of drug-likeness (QED) is 0.172. The van der Waals surface area contributed by atoms with Gasteiger partial charge in [0.1, 0.15) is 22.7 Å². The first-order valence-electron chi connectivity index (χ1n) is 21.7. The van der Waals surface area contributed by atoms with Crippen LogP contribution in [0.2, 0.25) is 0 Å². The highest BCUT2D eigenvalue weighted by Gasteiger charge is 2.58. The van der Waals surface area contributed by atoms with E-state index in [0.717, 1.165) is 111 Å². The van der Waals surface area contributed by atoms with Crippen molar-refractivity contribution in [2.45, 2.75) is 52.4 Å². The number of hydrogen-bond acceptors (Lipinski definition) is 7. The molecule has 0 saturated carbocycles. The van der Waals surface area contributed by atoms with E-state index >= 15 is 8.78 Å². The fraction of sp³-hybridized carbons (Fsp3) is 0.143. The van der Waals surface area contributed by atoms with E-state index in [-0.39, 0.29) is 11.6 Å². The average molecular weight is 937 g/mol. The van der Waals surface area contributed by atoms with Crippen molar-refractivity contribution < 1.29 is 8.78 Å². The summed E-state index contributed by atoms with van der Waals surface area (Å²) in [7, 11) is 0. The van der Waals surface area contributed by atoms with Gasteiger partial charge in [-0.15, -0.1) is 45.3 Å². The molecule has 0 unspecified atom stereocenters. The third-order valence-electron chi connectivity index (χ3n) is 14.0. The average Bonchev–Trinajstić information content (AvgIpc) is 4.16. The lowest BCUT2D eigenvalue weighted by Gasteiger charge is -2.36. The molecule has 0 bridgehead atoms. The molecule has 6 aromatic carbocycles. The highest BCUT2D eigenvalue weighted by atomic mass is 32.1. The Morgan fingerprint density at radius 1 is 0.431 bits per heavy atom. The van der Waals surface area contributed by atoms with Crippen LogP contribution in [-0.4, -0.2) is 8.75 Å². The van der Waals surface area contributed by atoms with Crippen LogP contribution in [0.5, 0.6) is 0 Å². The monoisotopic (exact) mass is 936 g/mol. The number of halogens is 2. The molecule has 0 radical (unpaired) electrons. The van der Waals surface area contributed by atoms with Crippen molar-refractivity contribution in [2.24, 2.45) is 0 Å². The van der Waals surface area contributed by atoms with Gasteiger partial charge in [0.2, 0.25) is 0 Å². The summed E-state index contributed by atoms with van der Waals surface area (Å²) in [5.41, 5.74) is 13.1. The number of rotatable bonds is 5. The van der Waals surface area contributed by atoms with Crippen LogP contribution < -0.4 is 0 Å². The summed E-state index contributed by atoms with van der Waals surface area (Å²) in [5.74, 6) is -0.708. The number of nitrogens with zero attached hydrogens (tertiary/aromatic N) is 2. The van der Waals surface area contributed by atoms with Crippen LogP contribution in [0.3, 0.4) is 0 Å². The molecule has 0 N–H and O–H groups in total. The number of aromatic nitrogens is 2. The van der Waals surface area contributed by atoms with E-state index in [4.69, 9.17) is 4.37 Å². The molecule has 2 nitrogen and oxygen atoms in total. The van der Waals surface area contributed by atoms with E-state index < -0.39 is 10.8 Å². The zero-order valence-corrected chi connectivity index (χ0v) is 40.3. The second-order valence-corrected chi connectivity index (χ2v) is 22.9. The van der Waals surface area contributed by atoms with Gasteiger partial charge in [-0.3, -0.25) is 0 Å². The molecular formula is C56H38F2N2S5. The van der Waals surface area contributed by atoms with Crippen molar-refractivity contribution in [3.8, 4) is 31.3 Å². The number of fused-ring (bicyclic) bond motifs is 11. The van der Waals surface area contributed by atoms with E-state index in [1.807, 2.05) is 0 Å². The zero-order chi connectivity index (χ0) is 44.3. The maximum atomic E-state index is 19.7. The van der Waals surface area contributed by atoms with Crippen molar-refractivity contribution in [1.29, 1.82) is 0 Å². The molecule has 13 rings (SSSR count). The molecule has 9 heteroatoms. The van der Waals surface area contributed by atoms with Crippen molar-refractivity contribution in [3.63, 3.8) is 0 Å². The van der Waals surface area contributed by atoms with Gasteiger partial charge in [0.05, 0.1) is 32.0 Å². The molecule has 0 aliphatic heterocycles. The van der Waals surface area contributed by atoms with Gasteiger partial charge < -0.3 is 0 Å². The summed E-state index contributed by atoms with van der Waals surface area (Å²) in [4.78, 5) is 3.83. The van der Waals surface area contributed by atoms with Crippen LogP contribution >= 0.6 is 57.1 Å². The third-order valence-corrected chi connectivity index (χ3v) is 19.4. The Kier molecular flexibility index (Phi) is 8.50. The van der Waals surface area contributed by atoms with Crippen molar-refractivity contribution in [1.82, 2.24) is 8.75 Å². The molecule has 0 atom stereocenters. The van der Waals surface area contributed by atoms with Crippen LogP contribution in [-0.2, 0) is 10.8 Å². The second kappa shape index (κ2) is 13.9. The Morgan fingerprint density at radius 3 is 1.31 bits per heavy atom. The molecule has 0 saturated heterocycles. The lowest BCUT2D eigenvalue weighted by molar-refractivity contribution is 0.559. The summed E-state index contributed by atoms with van der Waals surface area (Å²) in [6, 6.07) is 42.7. The molecular weight excluding hydrogens is 899 g/mol. The molecule has 11 aromatic rings. The normalized spacial score (nSPS) is 14.4. The van der Waals surface area contributed by atoms with Crippen LogP contribution in [0.1, 0.15) is 77.2 Å². The molecule has 5 aromatic heterocycles. The third kappa shape index (κ3) is 5.16. The fourth-order valence-electron chi connectivity index (χ4n) is 11.0. The van der Waals surface area contributed by atoms with Gasteiger partial charge in [-0.2, -0.15) is 8.75 Å². The number of thiophene rings is 4. The molecule has 2 aliphatic carbocycles. The van der Waals surface area contributed by atoms with Crippen molar-refractivity contribution in [3.05, 3.63) is 210 Å². The maximum absolute atomic E-state index is 19.7. The van der Waals surface area contributed by atoms with E-state index in [1.54, 1.807) is 45.3 Å². The van der Waals surface area contributed by atoms with Crippen molar-refractivity contribution in [2.75, 3.05) is 0 Å². The summed E-state index contributed by atoms with van der Waals surface area (Å²) in [6.45, 7) is 12.5. The lowest BCUT2D eigenvalue weighted by atomic mass is 9.65. The topological polar surface area (TPSA) is 25.8 Å². The highest BCUT2D eigenvalue weighted by molar-refractivity contribution is 7.32. The predicted octanol–water partition coefficient (Wildman–Crippen LogP) is 16.8. The Labute approximate surface area is 395 Å². The van der Waals surface area contributed by atoms with Crippen LogP contribution in [0.4, 0.5) is 8.78 Å². The second-order valence-electron chi connectivity index (χ2n) is 18.0. The first kappa shape index (κ1) is 39.7. The van der Waals surface area contributed by atoms with Gasteiger partial charge in [0.15, 0.2) is 0 Å². The van der Waals surface area contributed by atoms with E-state index in [0.29, 0.717) is 22.3 Å². The van der Waals surface area contributed by atoms with Gasteiger partial charge in [-0.05, 0) is 81.5 Å². The van der Waals surface area contributed by atoms with Gasteiger partial charge in [0.25, 0.3) is 0 Å². The summed E-state index contributed by atoms with van der Waals surface area (Å²) < 4.78 is 53.1. The number of benzene rings is 6. The molecule has 316 valence electrons. The number of aryl methyl sites for hydroxylation is 6. The Morgan fingerprint density at radius 2 is 0.846 bits per heavy atom. The molecule has 0 amide bonds. The first-order chi connectivity index (χ1) is 31.5. The maximum Gasteiger partial charge on any atom is 0.137 e. The summed E-state index contributed by atoms with van der Waals surface area (Å²) in [5, 5.41) is 0. The Balaban J connectivity index is 1.22. The molecule has 0 spiro atoms. The van der Waals surface area contributed by atoms with Crippen molar-refractivity contribution >= 4 is 86.9 Å². The summed E-state index contributed by atoms with van der Waals surface area (Å²) >= 11 is 7.83. The van der Waals surface area contributed by atoms with Crippen LogP contribution in [0, 0.1) is 53.2 Å². The van der Waals surface area contributed by atoms with Gasteiger partial charge >= 0.3 is 0 Å². The minimum Gasteiger partial charge on any atom is -0.206 e. The first-order valence-corrected chi connectivity index (χ1v) is 25.7. The standard InChI is InChI=1S/C56H38F2N2S5/c1-27-7-16-33(17-8-27)55(34-18-9-28(2)10-19-34)43-41(53-45(55)51-39(63-53)25-32(6)61-51)47(57)44-42(48(43)58)54-46(56(44,35-20-11-29(3)12-21-35)36-22-13-30(4)14-23-36)52-40(64-54)26-38(62-52)37-24-15-31(5)49-50(37)60-65-59-49/h7-26H,1-6H3. The molecule has 0 fully saturated rings. The fourth-order valence-corrected chi connectivity index (χ4v) is 17.2. The SMILES string of the molecule is Cc1ccc(C2(c3ccc(C)cc3)c3c(F)c4c(c(F)c3-c3sc5cc(C)sc5c32)C(c2ccc(C)cc2)(c2ccc(C)cc2)c2c-4sc3cc(-c4ccc(C)c5nsnc45)sc23)cc1. The van der Waals surface area contributed by atoms with E-state index in [1.165, 1.54) is 16.6 Å². The highest BCUT2D eigenvalue weighted by Crippen LogP contribution is 2.70. The van der Waals surface area contributed by atoms with Gasteiger partial charge in [-0.25, -0.2) is 8.78 Å². The Bertz CT molecular complexity index is 3690. The van der Waals surface area contributed by atoms with Gasteiger partial charge in [-0.1, -0.05) is 131 Å². The summed E-state index contributed by atoms with van der Waals surface area (Å²) in [6.07, 6.45) is 0. The minimum absolute atomic E-state index is 0.354. The molecule has 2 aliphatic rings. The van der Waals surface area contributed by atoms with Crippen LogP contribution in [0.15, 0.2) is 121 Å². The number of hydrogen-bond donors (Lipinski definition) is 0. The largest absolute Gasteiger partial charge is 0.206 e. The minimum atomic E-state index is -1.19. The van der Waals surface area contributed by atoms with Gasteiger partial charge in [0, 0.05) is 67.9 Å². The van der Waals surface area contributed by atoms with Crippen LogP contribution in [0.25, 0.3) is 61.2 Å². The lowest BCUT2D eigenvalue weighted by Crippen LogP contribution is -2.32. The molecule has 65 heavy (non-hydrogen) atoms. The Hall–Kier alpha value is -5.68. The smallest absolute Gasteiger partial charge is 0.137 e. The predicted molar refractivity (Wildman–Crippen MR) is 272 cm³/mol.